The van der Waals surface area contributed by atoms with Gasteiger partial charge < -0.3 is 24.7 Å². The molecule has 0 heterocycles. The molecule has 0 aromatic carbocycles. The van der Waals surface area contributed by atoms with Crippen LogP contribution in [0.4, 0.5) is 0 Å². The molecule has 5 heteroatoms. The van der Waals surface area contributed by atoms with Gasteiger partial charge in [0.05, 0.1) is 26.4 Å². The van der Waals surface area contributed by atoms with E-state index in [1.54, 1.807) is 0 Å². The second-order valence-electron chi connectivity index (χ2n) is 3.14. The summed E-state index contributed by atoms with van der Waals surface area (Å²) in [4.78, 5) is 0. The zero-order chi connectivity index (χ0) is 12.1. The molecule has 0 unspecified atom stereocenters. The minimum absolute atomic E-state index is 0.153. The monoisotopic (exact) mass is 235 g/mol. The minimum atomic E-state index is -0.153. The normalized spacial score (nSPS) is 11.2. The highest BCUT2D eigenvalue weighted by Gasteiger charge is 2.06. The van der Waals surface area contributed by atoms with Crippen molar-refractivity contribution in [2.24, 2.45) is 5.73 Å². The highest BCUT2D eigenvalue weighted by atomic mass is 16.7. The van der Waals surface area contributed by atoms with Gasteiger partial charge in [-0.1, -0.05) is 0 Å². The van der Waals surface area contributed by atoms with Crippen molar-refractivity contribution in [3.8, 4) is 0 Å². The maximum atomic E-state index is 5.38. The Morgan fingerprint density at radius 3 is 1.94 bits per heavy atom. The molecular weight excluding hydrogens is 210 g/mol. The first-order chi connectivity index (χ1) is 7.85. The Morgan fingerprint density at radius 2 is 1.44 bits per heavy atom. The standard InChI is InChI=1S/C11H25NO4/c1-3-15-11(16-4-2)5-7-13-9-10-14-8-6-12/h11H,3-10,12H2,1-2H3. The van der Waals surface area contributed by atoms with Crippen LogP contribution >= 0.6 is 0 Å². The summed E-state index contributed by atoms with van der Waals surface area (Å²) in [7, 11) is 0. The fraction of sp³-hybridized carbons (Fsp3) is 1.00. The third-order valence-corrected chi connectivity index (χ3v) is 1.84. The van der Waals surface area contributed by atoms with E-state index in [-0.39, 0.29) is 6.29 Å². The molecule has 0 saturated heterocycles. The first kappa shape index (κ1) is 15.8. The first-order valence-electron chi connectivity index (χ1n) is 5.93. The molecule has 0 aliphatic rings. The molecule has 16 heavy (non-hydrogen) atoms. The lowest BCUT2D eigenvalue weighted by molar-refractivity contribution is -0.147. The van der Waals surface area contributed by atoms with Gasteiger partial charge in [-0.3, -0.25) is 0 Å². The van der Waals surface area contributed by atoms with Crippen LogP contribution in [0.1, 0.15) is 20.3 Å². The largest absolute Gasteiger partial charge is 0.379 e. The van der Waals surface area contributed by atoms with E-state index in [1.807, 2.05) is 13.8 Å². The molecule has 0 saturated carbocycles. The van der Waals surface area contributed by atoms with Gasteiger partial charge in [-0.2, -0.15) is 0 Å². The molecule has 98 valence electrons. The lowest BCUT2D eigenvalue weighted by Crippen LogP contribution is -2.20. The van der Waals surface area contributed by atoms with E-state index in [2.05, 4.69) is 0 Å². The molecule has 0 spiro atoms. The summed E-state index contributed by atoms with van der Waals surface area (Å²) >= 11 is 0. The predicted octanol–water partition coefficient (Wildman–Crippen LogP) is 0.768. The van der Waals surface area contributed by atoms with Gasteiger partial charge in [0.15, 0.2) is 6.29 Å². The summed E-state index contributed by atoms with van der Waals surface area (Å²) in [5, 5.41) is 0. The molecule has 0 aromatic heterocycles. The van der Waals surface area contributed by atoms with Gasteiger partial charge in [-0.05, 0) is 13.8 Å². The zero-order valence-electron chi connectivity index (χ0n) is 10.4. The first-order valence-corrected chi connectivity index (χ1v) is 5.93. The second-order valence-corrected chi connectivity index (χ2v) is 3.14. The fourth-order valence-electron chi connectivity index (χ4n) is 1.17. The van der Waals surface area contributed by atoms with Crippen LogP contribution in [0.15, 0.2) is 0 Å². The topological polar surface area (TPSA) is 62.9 Å². The van der Waals surface area contributed by atoms with Gasteiger partial charge in [-0.25, -0.2) is 0 Å². The van der Waals surface area contributed by atoms with Gasteiger partial charge >= 0.3 is 0 Å². The number of rotatable bonds is 12. The SMILES string of the molecule is CCOC(CCOCCOCCN)OCC. The lowest BCUT2D eigenvalue weighted by Gasteiger charge is -2.16. The molecule has 5 nitrogen and oxygen atoms in total. The molecule has 0 bridgehead atoms. The van der Waals surface area contributed by atoms with Crippen LogP contribution in [0.2, 0.25) is 0 Å². The fourth-order valence-corrected chi connectivity index (χ4v) is 1.17. The average Bonchev–Trinajstić information content (AvgIpc) is 2.28. The molecular formula is C11H25NO4. The van der Waals surface area contributed by atoms with Gasteiger partial charge in [0.2, 0.25) is 0 Å². The molecule has 0 aromatic rings. The van der Waals surface area contributed by atoms with Crippen molar-refractivity contribution in [1.82, 2.24) is 0 Å². The Kier molecular flexibility index (Phi) is 12.7. The summed E-state index contributed by atoms with van der Waals surface area (Å²) in [6.07, 6.45) is 0.596. The molecule has 0 aliphatic heterocycles. The van der Waals surface area contributed by atoms with E-state index in [9.17, 15) is 0 Å². The minimum Gasteiger partial charge on any atom is -0.379 e. The Hall–Kier alpha value is -0.200. The Balaban J connectivity index is 3.25. The summed E-state index contributed by atoms with van der Waals surface area (Å²) in [5.41, 5.74) is 5.28. The van der Waals surface area contributed by atoms with E-state index in [0.29, 0.717) is 46.2 Å². The molecule has 2 N–H and O–H groups in total. The second kappa shape index (κ2) is 12.9. The van der Waals surface area contributed by atoms with E-state index in [0.717, 1.165) is 6.42 Å². The Morgan fingerprint density at radius 1 is 0.875 bits per heavy atom. The predicted molar refractivity (Wildman–Crippen MR) is 62.3 cm³/mol. The third kappa shape index (κ3) is 10.3. The van der Waals surface area contributed by atoms with Crippen molar-refractivity contribution >= 4 is 0 Å². The number of nitrogens with two attached hydrogens (primary N) is 1. The van der Waals surface area contributed by atoms with Crippen LogP contribution in [-0.4, -0.2) is 52.5 Å². The smallest absolute Gasteiger partial charge is 0.159 e. The Labute approximate surface area is 98.2 Å². The Bertz CT molecular complexity index is 129. The highest BCUT2D eigenvalue weighted by Crippen LogP contribution is 2.01. The van der Waals surface area contributed by atoms with Crippen LogP contribution in [0.25, 0.3) is 0 Å². The van der Waals surface area contributed by atoms with E-state index in [4.69, 9.17) is 24.7 Å². The van der Waals surface area contributed by atoms with Gasteiger partial charge in [0.1, 0.15) is 0 Å². The van der Waals surface area contributed by atoms with Gasteiger partial charge in [0, 0.05) is 26.2 Å². The molecule has 0 radical (unpaired) electrons. The van der Waals surface area contributed by atoms with Crippen LogP contribution < -0.4 is 5.73 Å². The van der Waals surface area contributed by atoms with Crippen molar-refractivity contribution < 1.29 is 18.9 Å². The number of ether oxygens (including phenoxy) is 4. The average molecular weight is 235 g/mol. The number of hydrogen-bond acceptors (Lipinski definition) is 5. The molecule has 0 atom stereocenters. The summed E-state index contributed by atoms with van der Waals surface area (Å²) < 4.78 is 21.3. The van der Waals surface area contributed by atoms with Crippen LogP contribution in [-0.2, 0) is 18.9 Å². The van der Waals surface area contributed by atoms with Crippen LogP contribution in [0, 0.1) is 0 Å². The maximum Gasteiger partial charge on any atom is 0.159 e. The lowest BCUT2D eigenvalue weighted by atomic mass is 10.4. The van der Waals surface area contributed by atoms with Crippen molar-refractivity contribution in [2.75, 3.05) is 46.2 Å². The molecule has 0 aliphatic carbocycles. The van der Waals surface area contributed by atoms with Crippen molar-refractivity contribution in [1.29, 1.82) is 0 Å². The summed E-state index contributed by atoms with van der Waals surface area (Å²) in [6.45, 7) is 8.16. The molecule has 0 rings (SSSR count). The van der Waals surface area contributed by atoms with E-state index in [1.165, 1.54) is 0 Å². The summed E-state index contributed by atoms with van der Waals surface area (Å²) in [6, 6.07) is 0. The van der Waals surface area contributed by atoms with Gasteiger partial charge in [0.25, 0.3) is 0 Å². The van der Waals surface area contributed by atoms with Crippen LogP contribution in [0.3, 0.4) is 0 Å². The van der Waals surface area contributed by atoms with E-state index < -0.39 is 0 Å². The quantitative estimate of drug-likeness (QED) is 0.400. The van der Waals surface area contributed by atoms with Crippen molar-refractivity contribution in [2.45, 2.75) is 26.6 Å². The zero-order valence-corrected chi connectivity index (χ0v) is 10.4. The maximum absolute atomic E-state index is 5.38. The molecule has 0 fully saturated rings. The van der Waals surface area contributed by atoms with Gasteiger partial charge in [-0.15, -0.1) is 0 Å². The molecule has 0 amide bonds. The van der Waals surface area contributed by atoms with E-state index >= 15 is 0 Å². The van der Waals surface area contributed by atoms with Crippen molar-refractivity contribution in [3.63, 3.8) is 0 Å². The number of hydrogen-bond donors (Lipinski definition) is 1. The third-order valence-electron chi connectivity index (χ3n) is 1.84. The summed E-state index contributed by atoms with van der Waals surface area (Å²) in [5.74, 6) is 0. The van der Waals surface area contributed by atoms with Crippen molar-refractivity contribution in [3.05, 3.63) is 0 Å². The van der Waals surface area contributed by atoms with Crippen LogP contribution in [0.5, 0.6) is 0 Å². The highest BCUT2D eigenvalue weighted by molar-refractivity contribution is 4.44.